The van der Waals surface area contributed by atoms with E-state index in [-0.39, 0.29) is 24.9 Å². The van der Waals surface area contributed by atoms with Crippen LogP contribution in [0.3, 0.4) is 0 Å². The van der Waals surface area contributed by atoms with Crippen LogP contribution in [0.2, 0.25) is 0 Å². The summed E-state index contributed by atoms with van der Waals surface area (Å²) in [6.07, 6.45) is 69.6. The van der Waals surface area contributed by atoms with Gasteiger partial charge in [0.25, 0.3) is 0 Å². The molecule has 3 N–H and O–H groups in total. The number of aliphatic hydroxyl groups excluding tert-OH is 2. The molecule has 0 aromatic rings. The van der Waals surface area contributed by atoms with E-state index in [1.807, 2.05) is 36.5 Å². The van der Waals surface area contributed by atoms with E-state index in [0.717, 1.165) is 70.6 Å². The lowest BCUT2D eigenvalue weighted by atomic mass is 10.0. The molecule has 3 unspecified atom stereocenters. The Morgan fingerprint density at radius 2 is 0.806 bits per heavy atom. The summed E-state index contributed by atoms with van der Waals surface area (Å²) < 4.78 is 5.94. The first-order valence-corrected chi connectivity index (χ1v) is 28.7. The lowest BCUT2D eigenvalue weighted by molar-refractivity contribution is -0.151. The van der Waals surface area contributed by atoms with Crippen LogP contribution in [0.4, 0.5) is 0 Å². The van der Waals surface area contributed by atoms with E-state index in [1.165, 1.54) is 161 Å². The second-order valence-electron chi connectivity index (χ2n) is 19.5. The molecule has 0 aromatic carbocycles. The molecule has 388 valence electrons. The number of hydrogen-bond acceptors (Lipinski definition) is 5. The Kier molecular flexibility index (Phi) is 52.1. The zero-order valence-corrected chi connectivity index (χ0v) is 44.3. The third-order valence-electron chi connectivity index (χ3n) is 12.9. The summed E-state index contributed by atoms with van der Waals surface area (Å²) >= 11 is 0. The lowest BCUT2D eigenvalue weighted by Gasteiger charge is -2.24. The Morgan fingerprint density at radius 1 is 0.433 bits per heavy atom. The number of unbranched alkanes of at least 4 members (excludes halogenated alkanes) is 31. The minimum Gasteiger partial charge on any atom is -0.462 e. The van der Waals surface area contributed by atoms with Gasteiger partial charge in [-0.2, -0.15) is 0 Å². The quantitative estimate of drug-likeness (QED) is 0.0244. The van der Waals surface area contributed by atoms with Crippen LogP contribution < -0.4 is 5.32 Å². The molecule has 0 aromatic heterocycles. The van der Waals surface area contributed by atoms with Crippen LogP contribution in [0, 0.1) is 0 Å². The van der Waals surface area contributed by atoms with Crippen LogP contribution in [0.5, 0.6) is 0 Å². The smallest absolute Gasteiger partial charge is 0.306 e. The van der Waals surface area contributed by atoms with E-state index in [4.69, 9.17) is 4.74 Å². The Hall–Kier alpha value is -2.70. The van der Waals surface area contributed by atoms with Crippen molar-refractivity contribution >= 4 is 11.9 Å². The molecule has 0 spiro atoms. The van der Waals surface area contributed by atoms with Crippen molar-refractivity contribution in [2.24, 2.45) is 0 Å². The summed E-state index contributed by atoms with van der Waals surface area (Å²) in [4.78, 5) is 26.3. The fourth-order valence-corrected chi connectivity index (χ4v) is 8.52. The van der Waals surface area contributed by atoms with Crippen molar-refractivity contribution in [1.82, 2.24) is 5.32 Å². The van der Waals surface area contributed by atoms with Crippen LogP contribution in [-0.2, 0) is 14.3 Å². The zero-order chi connectivity index (χ0) is 48.8. The zero-order valence-electron chi connectivity index (χ0n) is 44.3. The van der Waals surface area contributed by atoms with Crippen molar-refractivity contribution in [3.63, 3.8) is 0 Å². The molecule has 67 heavy (non-hydrogen) atoms. The molecule has 0 fully saturated rings. The Labute approximate surface area is 415 Å². The molecule has 0 saturated heterocycles. The van der Waals surface area contributed by atoms with Gasteiger partial charge in [0, 0.05) is 6.42 Å². The topological polar surface area (TPSA) is 95.9 Å². The van der Waals surface area contributed by atoms with Crippen molar-refractivity contribution in [2.45, 2.75) is 296 Å². The van der Waals surface area contributed by atoms with Crippen LogP contribution >= 0.6 is 0 Å². The molecule has 3 atom stereocenters. The number of allylic oxidation sites excluding steroid dienone is 12. The first-order chi connectivity index (χ1) is 33.0. The van der Waals surface area contributed by atoms with E-state index in [2.05, 4.69) is 62.5 Å². The maximum atomic E-state index is 13.3. The number of carbonyl (C=O) groups is 2. The third kappa shape index (κ3) is 49.5. The molecule has 1 amide bonds. The summed E-state index contributed by atoms with van der Waals surface area (Å²) in [7, 11) is 0. The van der Waals surface area contributed by atoms with Gasteiger partial charge in [0.05, 0.1) is 25.2 Å². The van der Waals surface area contributed by atoms with Gasteiger partial charge in [-0.3, -0.25) is 9.59 Å². The second kappa shape index (κ2) is 54.2. The normalized spacial score (nSPS) is 13.7. The number of aliphatic hydroxyl groups is 2. The van der Waals surface area contributed by atoms with Gasteiger partial charge in [0.2, 0.25) is 5.91 Å². The highest BCUT2D eigenvalue weighted by atomic mass is 16.5. The molecular weight excluding hydrogens is 827 g/mol. The first-order valence-electron chi connectivity index (χ1n) is 28.7. The van der Waals surface area contributed by atoms with Crippen LogP contribution in [-0.4, -0.2) is 46.9 Å². The van der Waals surface area contributed by atoms with Gasteiger partial charge >= 0.3 is 5.97 Å². The summed E-state index contributed by atoms with van der Waals surface area (Å²) in [5.41, 5.74) is 0. The van der Waals surface area contributed by atoms with Crippen LogP contribution in [0.25, 0.3) is 0 Å². The number of rotatable bonds is 51. The largest absolute Gasteiger partial charge is 0.462 e. The standard InChI is InChI=1S/C61H109NO5/c1-4-7-10-13-16-19-22-25-28-30-33-35-38-41-44-47-50-53-59(64)58(56-63)62-60(65)55-57(52-49-46-43-40-37-34-32-29-26-23-20-17-14-11-8-5-2)67-61(66)54-51-48-45-42-39-36-31-27-24-21-18-15-12-9-6-3/h11,14,17,20-21,23-24,26,29,32,34,37,57-59,63-64H,4-10,12-13,15-16,18-19,22,25,27-28,30-31,33,35-36,38-56H2,1-3H3,(H,62,65)/b14-11+,20-17+,24-21-,26-23+,32-29+,37-34+. The summed E-state index contributed by atoms with van der Waals surface area (Å²) in [5, 5.41) is 23.9. The van der Waals surface area contributed by atoms with Crippen molar-refractivity contribution in [1.29, 1.82) is 0 Å². The Bertz CT molecular complexity index is 1230. The number of esters is 1. The average Bonchev–Trinajstić information content (AvgIpc) is 3.32. The van der Waals surface area contributed by atoms with Crippen molar-refractivity contribution in [3.8, 4) is 0 Å². The molecular formula is C61H109NO5. The molecule has 0 rings (SSSR count). The maximum Gasteiger partial charge on any atom is 0.306 e. The highest BCUT2D eigenvalue weighted by molar-refractivity contribution is 5.77. The molecule has 0 aliphatic rings. The molecule has 0 heterocycles. The predicted molar refractivity (Wildman–Crippen MR) is 291 cm³/mol. The van der Waals surface area contributed by atoms with Gasteiger partial charge in [0.15, 0.2) is 0 Å². The number of amides is 1. The van der Waals surface area contributed by atoms with Crippen LogP contribution in [0.15, 0.2) is 72.9 Å². The molecule has 6 nitrogen and oxygen atoms in total. The molecule has 0 aliphatic heterocycles. The molecule has 0 aliphatic carbocycles. The second-order valence-corrected chi connectivity index (χ2v) is 19.5. The molecule has 0 saturated carbocycles. The highest BCUT2D eigenvalue weighted by Gasteiger charge is 2.24. The third-order valence-corrected chi connectivity index (χ3v) is 12.9. The van der Waals surface area contributed by atoms with Gasteiger partial charge in [0.1, 0.15) is 6.10 Å². The van der Waals surface area contributed by atoms with Gasteiger partial charge in [-0.15, -0.1) is 0 Å². The van der Waals surface area contributed by atoms with Crippen LogP contribution in [0.1, 0.15) is 278 Å². The average molecular weight is 937 g/mol. The van der Waals surface area contributed by atoms with E-state index in [0.29, 0.717) is 19.3 Å². The van der Waals surface area contributed by atoms with E-state index in [1.54, 1.807) is 0 Å². The molecule has 0 radical (unpaired) electrons. The molecule has 0 bridgehead atoms. The van der Waals surface area contributed by atoms with E-state index >= 15 is 0 Å². The highest BCUT2D eigenvalue weighted by Crippen LogP contribution is 2.18. The summed E-state index contributed by atoms with van der Waals surface area (Å²) in [6.45, 7) is 6.39. The van der Waals surface area contributed by atoms with E-state index in [9.17, 15) is 19.8 Å². The number of hydrogen-bond donors (Lipinski definition) is 3. The fourth-order valence-electron chi connectivity index (χ4n) is 8.52. The maximum absolute atomic E-state index is 13.3. The minimum absolute atomic E-state index is 0.0462. The van der Waals surface area contributed by atoms with Crippen molar-refractivity contribution in [3.05, 3.63) is 72.9 Å². The minimum atomic E-state index is -0.804. The predicted octanol–water partition coefficient (Wildman–Crippen LogP) is 17.7. The Balaban J connectivity index is 4.63. The monoisotopic (exact) mass is 936 g/mol. The Morgan fingerprint density at radius 3 is 1.28 bits per heavy atom. The van der Waals surface area contributed by atoms with Gasteiger partial charge in [-0.25, -0.2) is 0 Å². The van der Waals surface area contributed by atoms with Crippen molar-refractivity contribution in [2.75, 3.05) is 6.61 Å². The SMILES string of the molecule is CCC/C=C/C=C/C=C/C=C/C=C/CCCCCC(CC(=O)NC(CO)C(O)CCCCCCCCCCCCCCCCCCC)OC(=O)CCCCCCCCC/C=C\CCCCCC. The number of nitrogens with one attached hydrogen (secondary N) is 1. The molecule has 6 heteroatoms. The lowest BCUT2D eigenvalue weighted by Crippen LogP contribution is -2.46. The first kappa shape index (κ1) is 64.3. The van der Waals surface area contributed by atoms with Gasteiger partial charge < -0.3 is 20.3 Å². The van der Waals surface area contributed by atoms with E-state index < -0.39 is 18.2 Å². The fraction of sp³-hybridized carbons (Fsp3) is 0.770. The van der Waals surface area contributed by atoms with Crippen molar-refractivity contribution < 1.29 is 24.5 Å². The summed E-state index contributed by atoms with van der Waals surface area (Å²) in [6, 6.07) is -0.720. The number of ether oxygens (including phenoxy) is 1. The van der Waals surface area contributed by atoms with Gasteiger partial charge in [-0.05, 0) is 70.6 Å². The number of carbonyl (C=O) groups excluding carboxylic acids is 2. The van der Waals surface area contributed by atoms with Gasteiger partial charge in [-0.1, -0.05) is 267 Å². The summed E-state index contributed by atoms with van der Waals surface area (Å²) in [5.74, 6) is -0.517.